The average molecular weight is 327 g/mol. The van der Waals surface area contributed by atoms with Crippen LogP contribution in [-0.2, 0) is 11.3 Å². The molecule has 1 aliphatic carbocycles. The standard InChI is InChI=1S/C20H29N3O/c1-15-11-17(14-23(15)13-16-5-3-2-4-6-16)22-19(24)18-12-20(18)7-9-21-10-8-20/h2-6,15,17-18,21H,7-14H2,1H3,(H,22,24). The van der Waals surface area contributed by atoms with Crippen molar-refractivity contribution in [3.8, 4) is 0 Å². The fraction of sp³-hybridized carbons (Fsp3) is 0.650. The lowest BCUT2D eigenvalue weighted by Crippen LogP contribution is -2.40. The van der Waals surface area contributed by atoms with Crippen LogP contribution in [0.4, 0.5) is 0 Å². The molecule has 3 fully saturated rings. The smallest absolute Gasteiger partial charge is 0.223 e. The number of carbonyl (C=O) groups is 1. The summed E-state index contributed by atoms with van der Waals surface area (Å²) < 4.78 is 0. The summed E-state index contributed by atoms with van der Waals surface area (Å²) >= 11 is 0. The lowest BCUT2D eigenvalue weighted by molar-refractivity contribution is -0.123. The van der Waals surface area contributed by atoms with Gasteiger partial charge in [-0.1, -0.05) is 30.3 Å². The van der Waals surface area contributed by atoms with E-state index in [0.29, 0.717) is 23.4 Å². The molecule has 2 N–H and O–H groups in total. The van der Waals surface area contributed by atoms with Gasteiger partial charge in [-0.3, -0.25) is 9.69 Å². The molecule has 3 unspecified atom stereocenters. The SMILES string of the molecule is CC1CC(NC(=O)C2CC23CCNCC3)CN1Cc1ccccc1. The molecule has 0 bridgehead atoms. The Labute approximate surface area is 145 Å². The molecule has 2 saturated heterocycles. The Morgan fingerprint density at radius 1 is 1.29 bits per heavy atom. The Balaban J connectivity index is 1.29. The number of likely N-dealkylation sites (tertiary alicyclic amines) is 1. The number of hydrogen-bond donors (Lipinski definition) is 2. The predicted octanol–water partition coefficient (Wildman–Crippen LogP) is 2.16. The van der Waals surface area contributed by atoms with Crippen LogP contribution in [0.5, 0.6) is 0 Å². The van der Waals surface area contributed by atoms with E-state index in [1.165, 1.54) is 18.4 Å². The van der Waals surface area contributed by atoms with Crippen LogP contribution >= 0.6 is 0 Å². The molecule has 1 amide bonds. The van der Waals surface area contributed by atoms with E-state index in [9.17, 15) is 4.79 Å². The van der Waals surface area contributed by atoms with Gasteiger partial charge in [0.1, 0.15) is 0 Å². The molecule has 1 saturated carbocycles. The third-order valence-corrected chi connectivity index (χ3v) is 6.38. The number of nitrogens with one attached hydrogen (secondary N) is 2. The number of amides is 1. The molecule has 0 aromatic heterocycles. The molecule has 2 aliphatic heterocycles. The summed E-state index contributed by atoms with van der Waals surface area (Å²) in [6.45, 7) is 6.39. The third-order valence-electron chi connectivity index (χ3n) is 6.38. The van der Waals surface area contributed by atoms with E-state index in [-0.39, 0.29) is 5.92 Å². The number of piperidine rings is 1. The summed E-state index contributed by atoms with van der Waals surface area (Å²) in [7, 11) is 0. The number of carbonyl (C=O) groups excluding carboxylic acids is 1. The van der Waals surface area contributed by atoms with Gasteiger partial charge in [0.05, 0.1) is 0 Å². The normalized spacial score (nSPS) is 32.0. The number of nitrogens with zero attached hydrogens (tertiary/aromatic N) is 1. The highest BCUT2D eigenvalue weighted by atomic mass is 16.2. The van der Waals surface area contributed by atoms with E-state index in [0.717, 1.165) is 39.0 Å². The maximum absolute atomic E-state index is 12.7. The van der Waals surface area contributed by atoms with Gasteiger partial charge < -0.3 is 10.6 Å². The minimum absolute atomic E-state index is 0.276. The van der Waals surface area contributed by atoms with Crippen molar-refractivity contribution in [2.24, 2.45) is 11.3 Å². The molecule has 4 heteroatoms. The van der Waals surface area contributed by atoms with Gasteiger partial charge in [-0.05, 0) is 56.7 Å². The van der Waals surface area contributed by atoms with E-state index in [1.54, 1.807) is 0 Å². The van der Waals surface area contributed by atoms with Crippen molar-refractivity contribution in [1.82, 2.24) is 15.5 Å². The zero-order valence-corrected chi connectivity index (χ0v) is 14.6. The van der Waals surface area contributed by atoms with Crippen molar-refractivity contribution in [1.29, 1.82) is 0 Å². The highest BCUT2D eigenvalue weighted by molar-refractivity contribution is 5.83. The van der Waals surface area contributed by atoms with Gasteiger partial charge in [-0.15, -0.1) is 0 Å². The quantitative estimate of drug-likeness (QED) is 0.891. The molecule has 3 aliphatic rings. The fourth-order valence-electron chi connectivity index (χ4n) is 4.74. The van der Waals surface area contributed by atoms with Gasteiger partial charge in [0.25, 0.3) is 0 Å². The van der Waals surface area contributed by atoms with Crippen molar-refractivity contribution in [3.63, 3.8) is 0 Å². The van der Waals surface area contributed by atoms with Crippen LogP contribution in [0.1, 0.15) is 38.2 Å². The van der Waals surface area contributed by atoms with E-state index in [1.807, 2.05) is 0 Å². The summed E-state index contributed by atoms with van der Waals surface area (Å²) in [5.74, 6) is 0.591. The minimum Gasteiger partial charge on any atom is -0.352 e. The molecule has 4 nitrogen and oxygen atoms in total. The minimum atomic E-state index is 0.276. The highest BCUT2D eigenvalue weighted by Gasteiger charge is 2.57. The predicted molar refractivity (Wildman–Crippen MR) is 95.5 cm³/mol. The second kappa shape index (κ2) is 6.49. The molecule has 130 valence electrons. The molecule has 24 heavy (non-hydrogen) atoms. The van der Waals surface area contributed by atoms with Crippen molar-refractivity contribution in [3.05, 3.63) is 35.9 Å². The maximum atomic E-state index is 12.7. The van der Waals surface area contributed by atoms with Crippen molar-refractivity contribution in [2.45, 2.75) is 51.2 Å². The van der Waals surface area contributed by atoms with E-state index >= 15 is 0 Å². The Kier molecular flexibility index (Phi) is 4.35. The Morgan fingerprint density at radius 3 is 2.79 bits per heavy atom. The molecule has 1 spiro atoms. The van der Waals surface area contributed by atoms with Gasteiger partial charge in [-0.25, -0.2) is 0 Å². The Morgan fingerprint density at radius 2 is 2.04 bits per heavy atom. The second-order valence-electron chi connectivity index (χ2n) is 8.07. The second-order valence-corrected chi connectivity index (χ2v) is 8.07. The van der Waals surface area contributed by atoms with Gasteiger partial charge in [0, 0.05) is 31.1 Å². The van der Waals surface area contributed by atoms with Crippen molar-refractivity contribution < 1.29 is 4.79 Å². The Bertz CT molecular complexity index is 582. The maximum Gasteiger partial charge on any atom is 0.223 e. The van der Waals surface area contributed by atoms with Crippen LogP contribution < -0.4 is 10.6 Å². The van der Waals surface area contributed by atoms with E-state index < -0.39 is 0 Å². The molecular weight excluding hydrogens is 298 g/mol. The van der Waals surface area contributed by atoms with Crippen LogP contribution in [-0.4, -0.2) is 42.5 Å². The van der Waals surface area contributed by atoms with Crippen LogP contribution in [0.2, 0.25) is 0 Å². The molecule has 3 atom stereocenters. The number of rotatable bonds is 4. The molecule has 0 radical (unpaired) electrons. The summed E-state index contributed by atoms with van der Waals surface area (Å²) in [5.41, 5.74) is 1.69. The first-order chi connectivity index (χ1) is 11.7. The zero-order valence-electron chi connectivity index (χ0n) is 14.6. The summed E-state index contributed by atoms with van der Waals surface area (Å²) in [4.78, 5) is 15.1. The molecular formula is C20H29N3O. The summed E-state index contributed by atoms with van der Waals surface area (Å²) in [6.07, 6.45) is 4.52. The lowest BCUT2D eigenvalue weighted by Gasteiger charge is -2.23. The monoisotopic (exact) mass is 327 g/mol. The molecule has 1 aromatic carbocycles. The molecule has 1 aromatic rings. The van der Waals surface area contributed by atoms with Gasteiger partial charge in [0.15, 0.2) is 0 Å². The van der Waals surface area contributed by atoms with Crippen molar-refractivity contribution in [2.75, 3.05) is 19.6 Å². The van der Waals surface area contributed by atoms with Crippen LogP contribution in [0.3, 0.4) is 0 Å². The van der Waals surface area contributed by atoms with Crippen molar-refractivity contribution >= 4 is 5.91 Å². The number of benzene rings is 1. The van der Waals surface area contributed by atoms with Crippen LogP contribution in [0, 0.1) is 11.3 Å². The first-order valence-electron chi connectivity index (χ1n) is 9.45. The largest absolute Gasteiger partial charge is 0.352 e. The number of hydrogen-bond acceptors (Lipinski definition) is 3. The van der Waals surface area contributed by atoms with Gasteiger partial charge >= 0.3 is 0 Å². The van der Waals surface area contributed by atoms with Crippen LogP contribution in [0.15, 0.2) is 30.3 Å². The highest BCUT2D eigenvalue weighted by Crippen LogP contribution is 2.58. The van der Waals surface area contributed by atoms with Crippen LogP contribution in [0.25, 0.3) is 0 Å². The summed E-state index contributed by atoms with van der Waals surface area (Å²) in [5, 5.41) is 6.77. The third kappa shape index (κ3) is 3.22. The average Bonchev–Trinajstić information content (AvgIpc) is 3.17. The first-order valence-corrected chi connectivity index (χ1v) is 9.45. The van der Waals surface area contributed by atoms with Gasteiger partial charge in [0.2, 0.25) is 5.91 Å². The van der Waals surface area contributed by atoms with E-state index in [4.69, 9.17) is 0 Å². The van der Waals surface area contributed by atoms with Gasteiger partial charge in [-0.2, -0.15) is 0 Å². The topological polar surface area (TPSA) is 44.4 Å². The van der Waals surface area contributed by atoms with E-state index in [2.05, 4.69) is 52.8 Å². The zero-order chi connectivity index (χ0) is 16.6. The molecule has 2 heterocycles. The Hall–Kier alpha value is -1.39. The lowest BCUT2D eigenvalue weighted by atomic mass is 9.91. The summed E-state index contributed by atoms with van der Waals surface area (Å²) in [6, 6.07) is 11.5. The fourth-order valence-corrected chi connectivity index (χ4v) is 4.74. The first kappa shape index (κ1) is 16.1. The molecule has 4 rings (SSSR count).